The number of ether oxygens (including phenoxy) is 5. The van der Waals surface area contributed by atoms with Crippen molar-refractivity contribution in [2.75, 3.05) is 14.7 Å². The second kappa shape index (κ2) is 17.9. The van der Waals surface area contributed by atoms with Gasteiger partial charge < -0.3 is 38.4 Å². The van der Waals surface area contributed by atoms with Gasteiger partial charge in [-0.2, -0.15) is 0 Å². The zero-order valence-corrected chi connectivity index (χ0v) is 44.5. The van der Waals surface area contributed by atoms with Gasteiger partial charge in [0.25, 0.3) is 20.1 Å². The maximum atomic E-state index is 7.42. The molecule has 18 rings (SSSR count). The molecular formula is C72H44B3N3O5. The van der Waals surface area contributed by atoms with Crippen LogP contribution in [0.4, 0.5) is 51.2 Å². The van der Waals surface area contributed by atoms with E-state index in [1.165, 1.54) is 5.46 Å². The van der Waals surface area contributed by atoms with E-state index in [1.54, 1.807) is 0 Å². The molecule has 0 saturated carbocycles. The summed E-state index contributed by atoms with van der Waals surface area (Å²) in [5.74, 6) is 7.32. The Morgan fingerprint density at radius 1 is 0.241 bits per heavy atom. The molecule has 0 radical (unpaired) electrons. The largest absolute Gasteiger partial charge is 0.459 e. The summed E-state index contributed by atoms with van der Waals surface area (Å²) >= 11 is 0. The molecule has 0 spiro atoms. The van der Waals surface area contributed by atoms with E-state index in [1.807, 2.05) is 18.2 Å². The Bertz CT molecular complexity index is 4570. The van der Waals surface area contributed by atoms with Crippen molar-refractivity contribution in [1.29, 1.82) is 0 Å². The summed E-state index contributed by atoms with van der Waals surface area (Å²) in [6, 6.07) is 93.7. The minimum absolute atomic E-state index is 0.188. The van der Waals surface area contributed by atoms with E-state index < -0.39 is 0 Å². The molecule has 0 amide bonds. The zero-order chi connectivity index (χ0) is 54.3. The summed E-state index contributed by atoms with van der Waals surface area (Å²) < 4.78 is 36.3. The molecule has 6 aliphatic rings. The molecule has 0 saturated heterocycles. The molecular weight excluding hydrogens is 1020 g/mol. The van der Waals surface area contributed by atoms with Gasteiger partial charge in [-0.1, -0.05) is 152 Å². The molecule has 0 atom stereocenters. The van der Waals surface area contributed by atoms with Gasteiger partial charge in [-0.05, 0) is 118 Å². The minimum atomic E-state index is -0.292. The third-order valence-corrected chi connectivity index (χ3v) is 17.3. The Balaban J connectivity index is 0.835. The molecule has 12 aromatic carbocycles. The van der Waals surface area contributed by atoms with Gasteiger partial charge in [0, 0.05) is 86.5 Å². The molecule has 0 unspecified atom stereocenters. The van der Waals surface area contributed by atoms with Crippen LogP contribution in [0.5, 0.6) is 57.5 Å². The number of hydrogen-bond donors (Lipinski definition) is 0. The summed E-state index contributed by atoms with van der Waals surface area (Å²) in [7, 11) is 0. The van der Waals surface area contributed by atoms with E-state index in [0.717, 1.165) is 129 Å². The van der Waals surface area contributed by atoms with Gasteiger partial charge in [0.1, 0.15) is 57.5 Å². The highest BCUT2D eigenvalue weighted by Crippen LogP contribution is 2.49. The summed E-state index contributed by atoms with van der Waals surface area (Å²) in [6.07, 6.45) is 0. The maximum Gasteiger partial charge on any atom is 0.265 e. The molecule has 6 aliphatic heterocycles. The van der Waals surface area contributed by atoms with Crippen LogP contribution in [0.3, 0.4) is 0 Å². The van der Waals surface area contributed by atoms with Crippen molar-refractivity contribution in [2.24, 2.45) is 0 Å². The van der Waals surface area contributed by atoms with Crippen LogP contribution in [-0.4, -0.2) is 20.1 Å². The molecule has 0 aliphatic carbocycles. The maximum absolute atomic E-state index is 7.42. The van der Waals surface area contributed by atoms with Crippen LogP contribution in [0.15, 0.2) is 267 Å². The predicted molar refractivity (Wildman–Crippen MR) is 337 cm³/mol. The van der Waals surface area contributed by atoms with Gasteiger partial charge in [-0.3, -0.25) is 0 Å². The van der Waals surface area contributed by atoms with Crippen molar-refractivity contribution >= 4 is 120 Å². The molecule has 11 heteroatoms. The molecule has 0 aromatic heterocycles. The molecule has 12 aromatic rings. The van der Waals surface area contributed by atoms with E-state index in [2.05, 4.69) is 263 Å². The number of fused-ring (bicyclic) bond motifs is 13. The van der Waals surface area contributed by atoms with Crippen LogP contribution in [0.25, 0.3) is 0 Å². The highest BCUT2D eigenvalue weighted by molar-refractivity contribution is 7.03. The van der Waals surface area contributed by atoms with Gasteiger partial charge >= 0.3 is 0 Å². The Kier molecular flexibility index (Phi) is 9.91. The van der Waals surface area contributed by atoms with Crippen molar-refractivity contribution in [1.82, 2.24) is 0 Å². The molecule has 0 bridgehead atoms. The quantitative estimate of drug-likeness (QED) is 0.146. The van der Waals surface area contributed by atoms with Crippen LogP contribution in [0, 0.1) is 0 Å². The second-order valence-corrected chi connectivity index (χ2v) is 21.8. The van der Waals surface area contributed by atoms with Crippen molar-refractivity contribution in [3.63, 3.8) is 0 Å². The SMILES string of the molecule is c1ccc(N(c2ccccc2)c2cc3c4c(c2)Oc2cc5c6c(c2B4c2ccccc2O3)Oc2ccccc2B6c2cc3c(cc2O5)Oc2cc(N(c4ccccc4)c4ccccc4)cc4c2B3c2ccccc2N4c2ccccc2)cc1. The first-order valence-corrected chi connectivity index (χ1v) is 28.2. The third kappa shape index (κ3) is 6.91. The molecule has 83 heavy (non-hydrogen) atoms. The van der Waals surface area contributed by atoms with E-state index in [4.69, 9.17) is 23.7 Å². The third-order valence-electron chi connectivity index (χ3n) is 17.3. The van der Waals surface area contributed by atoms with Crippen molar-refractivity contribution < 1.29 is 23.7 Å². The first-order valence-electron chi connectivity index (χ1n) is 28.2. The smallest absolute Gasteiger partial charge is 0.265 e. The van der Waals surface area contributed by atoms with Crippen LogP contribution in [0.2, 0.25) is 0 Å². The van der Waals surface area contributed by atoms with Gasteiger partial charge in [0.2, 0.25) is 0 Å². The van der Waals surface area contributed by atoms with Gasteiger partial charge in [0.15, 0.2) is 0 Å². The number of benzene rings is 12. The minimum Gasteiger partial charge on any atom is -0.459 e. The molecule has 6 heterocycles. The highest BCUT2D eigenvalue weighted by atomic mass is 16.5. The lowest BCUT2D eigenvalue weighted by atomic mass is 9.30. The van der Waals surface area contributed by atoms with E-state index in [0.29, 0.717) is 23.0 Å². The first kappa shape index (κ1) is 46.0. The van der Waals surface area contributed by atoms with Crippen LogP contribution in [0.1, 0.15) is 0 Å². The van der Waals surface area contributed by atoms with Crippen molar-refractivity contribution in [2.45, 2.75) is 0 Å². The van der Waals surface area contributed by atoms with Crippen LogP contribution >= 0.6 is 0 Å². The summed E-state index contributed by atoms with van der Waals surface area (Å²) in [5, 5.41) is 0. The average Bonchev–Trinajstić information content (AvgIpc) is 1.32. The molecule has 386 valence electrons. The van der Waals surface area contributed by atoms with Crippen molar-refractivity contribution in [3.05, 3.63) is 267 Å². The van der Waals surface area contributed by atoms with Gasteiger partial charge in [-0.15, -0.1) is 0 Å². The Labute approximate surface area is 480 Å². The van der Waals surface area contributed by atoms with Crippen molar-refractivity contribution in [3.8, 4) is 57.5 Å². The summed E-state index contributed by atoms with van der Waals surface area (Å²) in [4.78, 5) is 6.96. The predicted octanol–water partition coefficient (Wildman–Crippen LogP) is 12.5. The zero-order valence-electron chi connectivity index (χ0n) is 44.5. The number of rotatable bonds is 7. The summed E-state index contributed by atoms with van der Waals surface area (Å²) in [5.41, 5.74) is 18.6. The lowest BCUT2D eigenvalue weighted by molar-refractivity contribution is 0.440. The average molecular weight is 1060 g/mol. The number of hydrogen-bond acceptors (Lipinski definition) is 8. The van der Waals surface area contributed by atoms with Crippen LogP contribution < -0.4 is 87.5 Å². The fourth-order valence-electron chi connectivity index (χ4n) is 13.9. The van der Waals surface area contributed by atoms with E-state index in [9.17, 15) is 0 Å². The monoisotopic (exact) mass is 1060 g/mol. The number of nitrogens with zero attached hydrogens (tertiary/aromatic N) is 3. The van der Waals surface area contributed by atoms with Crippen LogP contribution in [-0.2, 0) is 0 Å². The van der Waals surface area contributed by atoms with E-state index >= 15 is 0 Å². The van der Waals surface area contributed by atoms with Gasteiger partial charge in [-0.25, -0.2) is 0 Å². The Morgan fingerprint density at radius 2 is 0.627 bits per heavy atom. The fraction of sp³-hybridized carbons (Fsp3) is 0. The topological polar surface area (TPSA) is 55.9 Å². The molecule has 8 nitrogen and oxygen atoms in total. The second-order valence-electron chi connectivity index (χ2n) is 21.8. The lowest BCUT2D eigenvalue weighted by Crippen LogP contribution is -2.64. The number of para-hydroxylation sites is 8. The Morgan fingerprint density at radius 3 is 1.19 bits per heavy atom. The normalized spacial score (nSPS) is 13.4. The van der Waals surface area contributed by atoms with Gasteiger partial charge in [0.05, 0.1) is 11.4 Å². The molecule has 0 fully saturated rings. The molecule has 0 N–H and O–H groups in total. The lowest BCUT2D eigenvalue weighted by Gasteiger charge is -2.42. The van der Waals surface area contributed by atoms with E-state index in [-0.39, 0.29) is 20.1 Å². The Hall–Kier alpha value is -10.8. The highest BCUT2D eigenvalue weighted by Gasteiger charge is 2.50. The number of anilines is 9. The fourth-order valence-corrected chi connectivity index (χ4v) is 13.9. The first-order chi connectivity index (χ1) is 41.2. The standard InChI is InChI=1S/C72H44B3N3O5/c1-6-22-45(23-7-1)76(46-24-8-2-9-25-46)50-38-58-68-63(39-50)80-61-43-62-56(42-55(61)73(68)52-32-16-19-35-57(52)78(58)49-30-14-5-15-31-49)74-53-33-17-21-37-60(53)83-72-70(74)66(81-62)44-67-71(72)75-54-34-18-20-36-59(54)79-64-40-51(41-65(82-67)69(64)75)77(47-26-10-3-11-27-47)48-28-12-4-13-29-48/h1-44H. The summed E-state index contributed by atoms with van der Waals surface area (Å²) in [6.45, 7) is -0.742.